The zero-order valence-electron chi connectivity index (χ0n) is 9.32. The Balaban J connectivity index is 2.69. The molecule has 1 heterocycles. The van der Waals surface area contributed by atoms with Gasteiger partial charge in [-0.2, -0.15) is 18.2 Å². The van der Waals surface area contributed by atoms with E-state index in [1.807, 2.05) is 0 Å². The van der Waals surface area contributed by atoms with Crippen LogP contribution >= 0.6 is 23.2 Å². The van der Waals surface area contributed by atoms with E-state index in [2.05, 4.69) is 10.1 Å². The highest BCUT2D eigenvalue weighted by Crippen LogP contribution is 2.32. The average Bonchev–Trinajstić information content (AvgIpc) is 2.73. The van der Waals surface area contributed by atoms with E-state index in [-0.39, 0.29) is 15.7 Å². The standard InChI is InChI=1S/C10H4Cl2F3N3O2/c11-4-1-2-6(5(12)3-4)18-9(10(13,14)15)16-7(17-18)8(19)20/h1-3H,(H,19,20). The van der Waals surface area contributed by atoms with Crippen molar-refractivity contribution in [3.63, 3.8) is 0 Å². The summed E-state index contributed by atoms with van der Waals surface area (Å²) in [5.74, 6) is -4.15. The first kappa shape index (κ1) is 14.6. The normalized spacial score (nSPS) is 11.7. The van der Waals surface area contributed by atoms with Gasteiger partial charge in [0.05, 0.1) is 10.7 Å². The lowest BCUT2D eigenvalue weighted by atomic mass is 10.3. The lowest BCUT2D eigenvalue weighted by Gasteiger charge is -2.09. The number of benzene rings is 1. The molecule has 0 amide bonds. The number of hydrogen-bond donors (Lipinski definition) is 1. The third kappa shape index (κ3) is 2.70. The highest BCUT2D eigenvalue weighted by atomic mass is 35.5. The molecular weight excluding hydrogens is 322 g/mol. The molecule has 2 aromatic rings. The Labute approximate surface area is 119 Å². The first-order valence-corrected chi connectivity index (χ1v) is 5.68. The first-order valence-electron chi connectivity index (χ1n) is 4.93. The Morgan fingerprint density at radius 2 is 1.95 bits per heavy atom. The molecule has 0 spiro atoms. The van der Waals surface area contributed by atoms with Gasteiger partial charge >= 0.3 is 12.1 Å². The van der Waals surface area contributed by atoms with E-state index in [1.165, 1.54) is 18.2 Å². The third-order valence-electron chi connectivity index (χ3n) is 2.19. The van der Waals surface area contributed by atoms with Crippen LogP contribution in [0.25, 0.3) is 5.69 Å². The van der Waals surface area contributed by atoms with Crippen LogP contribution in [0.1, 0.15) is 16.4 Å². The molecule has 0 aliphatic carbocycles. The van der Waals surface area contributed by atoms with Gasteiger partial charge in [-0.05, 0) is 18.2 Å². The van der Waals surface area contributed by atoms with Crippen LogP contribution in [0.15, 0.2) is 18.2 Å². The summed E-state index contributed by atoms with van der Waals surface area (Å²) in [7, 11) is 0. The maximum Gasteiger partial charge on any atom is 0.451 e. The summed E-state index contributed by atoms with van der Waals surface area (Å²) in [6.45, 7) is 0. The Bertz CT molecular complexity index is 685. The molecule has 0 fully saturated rings. The third-order valence-corrected chi connectivity index (χ3v) is 2.73. The second kappa shape index (κ2) is 4.95. The number of rotatable bonds is 2. The monoisotopic (exact) mass is 325 g/mol. The number of carboxylic acid groups (broad SMARTS) is 1. The Kier molecular flexibility index (Phi) is 3.61. The average molecular weight is 326 g/mol. The minimum Gasteiger partial charge on any atom is -0.475 e. The molecule has 10 heteroatoms. The zero-order valence-corrected chi connectivity index (χ0v) is 10.8. The number of carboxylic acids is 1. The summed E-state index contributed by atoms with van der Waals surface area (Å²) < 4.78 is 38.8. The van der Waals surface area contributed by atoms with Gasteiger partial charge in [0, 0.05) is 5.02 Å². The van der Waals surface area contributed by atoms with E-state index < -0.39 is 23.8 Å². The zero-order chi connectivity index (χ0) is 15.1. The van der Waals surface area contributed by atoms with Crippen molar-refractivity contribution in [2.75, 3.05) is 0 Å². The van der Waals surface area contributed by atoms with Crippen molar-refractivity contribution in [2.24, 2.45) is 0 Å². The smallest absolute Gasteiger partial charge is 0.451 e. The summed E-state index contributed by atoms with van der Waals surface area (Å²) in [5, 5.41) is 12.1. The molecule has 0 aliphatic heterocycles. The molecule has 0 saturated carbocycles. The van der Waals surface area contributed by atoms with E-state index in [9.17, 15) is 18.0 Å². The van der Waals surface area contributed by atoms with Crippen LogP contribution < -0.4 is 0 Å². The Morgan fingerprint density at radius 3 is 2.45 bits per heavy atom. The van der Waals surface area contributed by atoms with Crippen molar-refractivity contribution < 1.29 is 23.1 Å². The quantitative estimate of drug-likeness (QED) is 0.919. The Morgan fingerprint density at radius 1 is 1.30 bits per heavy atom. The highest BCUT2D eigenvalue weighted by Gasteiger charge is 2.39. The molecule has 5 nitrogen and oxygen atoms in total. The van der Waals surface area contributed by atoms with Crippen LogP contribution in [0.2, 0.25) is 10.0 Å². The molecule has 1 N–H and O–H groups in total. The van der Waals surface area contributed by atoms with E-state index in [4.69, 9.17) is 28.3 Å². The van der Waals surface area contributed by atoms with Crippen molar-refractivity contribution in [1.29, 1.82) is 0 Å². The van der Waals surface area contributed by atoms with Crippen molar-refractivity contribution in [3.05, 3.63) is 39.9 Å². The van der Waals surface area contributed by atoms with E-state index in [0.717, 1.165) is 0 Å². The highest BCUT2D eigenvalue weighted by molar-refractivity contribution is 6.35. The number of nitrogens with zero attached hydrogens (tertiary/aromatic N) is 3. The maximum absolute atomic E-state index is 12.8. The number of alkyl halides is 3. The molecule has 0 aliphatic rings. The summed E-state index contributed by atoms with van der Waals surface area (Å²) in [5.41, 5.74) is -0.177. The van der Waals surface area contributed by atoms with E-state index in [1.54, 1.807) is 0 Å². The van der Waals surface area contributed by atoms with Crippen LogP contribution in [0, 0.1) is 0 Å². The Hall–Kier alpha value is -1.80. The fourth-order valence-electron chi connectivity index (χ4n) is 1.41. The number of aromatic nitrogens is 3. The summed E-state index contributed by atoms with van der Waals surface area (Å²) in [4.78, 5) is 13.7. The van der Waals surface area contributed by atoms with Crippen LogP contribution in [-0.4, -0.2) is 25.8 Å². The summed E-state index contributed by atoms with van der Waals surface area (Å²) in [6, 6.07) is 3.69. The number of aromatic carboxylic acids is 1. The predicted octanol–water partition coefficient (Wildman–Crippen LogP) is 3.29. The fraction of sp³-hybridized carbons (Fsp3) is 0.100. The minimum absolute atomic E-state index is 0.121. The first-order chi connectivity index (χ1) is 9.20. The van der Waals surface area contributed by atoms with E-state index in [0.29, 0.717) is 4.68 Å². The molecular formula is C10H4Cl2F3N3O2. The van der Waals surface area contributed by atoms with Gasteiger partial charge in [0.2, 0.25) is 5.82 Å². The number of carbonyl (C=O) groups is 1. The van der Waals surface area contributed by atoms with Gasteiger partial charge < -0.3 is 5.11 Å². The molecule has 0 bridgehead atoms. The van der Waals surface area contributed by atoms with Gasteiger partial charge in [0.25, 0.3) is 5.82 Å². The van der Waals surface area contributed by atoms with Crippen LogP contribution in [-0.2, 0) is 6.18 Å². The SMILES string of the molecule is O=C(O)c1nc(C(F)(F)F)n(-c2ccc(Cl)cc2Cl)n1. The van der Waals surface area contributed by atoms with Crippen molar-refractivity contribution in [1.82, 2.24) is 14.8 Å². The van der Waals surface area contributed by atoms with Crippen molar-refractivity contribution in [2.45, 2.75) is 6.18 Å². The minimum atomic E-state index is -4.89. The lowest BCUT2D eigenvalue weighted by molar-refractivity contribution is -0.146. The molecule has 1 aromatic heterocycles. The van der Waals surface area contributed by atoms with Crippen molar-refractivity contribution in [3.8, 4) is 5.69 Å². The van der Waals surface area contributed by atoms with E-state index >= 15 is 0 Å². The van der Waals surface area contributed by atoms with Gasteiger partial charge in [-0.15, -0.1) is 5.10 Å². The second-order valence-corrected chi connectivity index (χ2v) is 4.41. The molecule has 106 valence electrons. The number of hydrogen-bond acceptors (Lipinski definition) is 3. The number of halogens is 5. The van der Waals surface area contributed by atoms with Crippen molar-refractivity contribution >= 4 is 29.2 Å². The fourth-order valence-corrected chi connectivity index (χ4v) is 1.90. The summed E-state index contributed by atoms with van der Waals surface area (Å²) >= 11 is 11.4. The molecule has 1 aromatic carbocycles. The predicted molar refractivity (Wildman–Crippen MR) is 63.3 cm³/mol. The van der Waals surface area contributed by atoms with Crippen LogP contribution in [0.3, 0.4) is 0 Å². The molecule has 0 unspecified atom stereocenters. The summed E-state index contributed by atoms with van der Waals surface area (Å²) in [6.07, 6.45) is -4.89. The maximum atomic E-state index is 12.8. The van der Waals surface area contributed by atoms with Crippen LogP contribution in [0.4, 0.5) is 13.2 Å². The van der Waals surface area contributed by atoms with Gasteiger partial charge in [0.1, 0.15) is 0 Å². The topological polar surface area (TPSA) is 68.0 Å². The second-order valence-electron chi connectivity index (χ2n) is 3.57. The largest absolute Gasteiger partial charge is 0.475 e. The van der Waals surface area contributed by atoms with Crippen LogP contribution in [0.5, 0.6) is 0 Å². The van der Waals surface area contributed by atoms with Gasteiger partial charge in [0.15, 0.2) is 0 Å². The lowest BCUT2D eigenvalue weighted by Crippen LogP contribution is -2.14. The molecule has 0 radical (unpaired) electrons. The molecule has 2 rings (SSSR count). The van der Waals surface area contributed by atoms with Gasteiger partial charge in [-0.3, -0.25) is 0 Å². The van der Waals surface area contributed by atoms with Gasteiger partial charge in [-0.1, -0.05) is 23.2 Å². The molecule has 0 atom stereocenters. The van der Waals surface area contributed by atoms with Gasteiger partial charge in [-0.25, -0.2) is 9.48 Å². The molecule has 20 heavy (non-hydrogen) atoms. The molecule has 0 saturated heterocycles.